The van der Waals surface area contributed by atoms with Crippen molar-refractivity contribution >= 4 is 0 Å². The zero-order valence-electron chi connectivity index (χ0n) is 8.92. The highest BCUT2D eigenvalue weighted by Gasteiger charge is 2.12. The van der Waals surface area contributed by atoms with Crippen LogP contribution in [0.2, 0.25) is 0 Å². The first kappa shape index (κ1) is 11.2. The Balaban J connectivity index is 2.88. The third kappa shape index (κ3) is 2.81. The van der Waals surface area contributed by atoms with Gasteiger partial charge in [-0.05, 0) is 37.8 Å². The molecule has 0 bridgehead atoms. The summed E-state index contributed by atoms with van der Waals surface area (Å²) in [6, 6.07) is 5.10. The highest BCUT2D eigenvalue weighted by atomic mass is 19.1. The molecule has 0 fully saturated rings. The van der Waals surface area contributed by atoms with E-state index in [0.29, 0.717) is 12.0 Å². The van der Waals surface area contributed by atoms with Crippen molar-refractivity contribution in [1.29, 1.82) is 0 Å². The van der Waals surface area contributed by atoms with Gasteiger partial charge in [0.2, 0.25) is 0 Å². The van der Waals surface area contributed by atoms with E-state index in [1.807, 2.05) is 19.9 Å². The Kier molecular flexibility index (Phi) is 3.64. The van der Waals surface area contributed by atoms with E-state index in [-0.39, 0.29) is 17.8 Å². The third-order valence-corrected chi connectivity index (χ3v) is 2.38. The molecule has 0 saturated heterocycles. The molecule has 1 rings (SSSR count). The van der Waals surface area contributed by atoms with E-state index in [2.05, 4.69) is 0 Å². The minimum atomic E-state index is -0.384. The number of hydrogen-bond acceptors (Lipinski definition) is 1. The standard InChI is InChI=1S/C12H17FO/c1-8-4-5-12(13)11(6-8)9(2)7-10(3)14/h4-6,9-10,14H,7H2,1-3H3. The van der Waals surface area contributed by atoms with Crippen LogP contribution in [-0.2, 0) is 0 Å². The lowest BCUT2D eigenvalue weighted by atomic mass is 9.94. The molecule has 0 aliphatic rings. The Morgan fingerprint density at radius 1 is 1.36 bits per heavy atom. The second kappa shape index (κ2) is 4.56. The maximum absolute atomic E-state index is 13.4. The molecule has 2 heteroatoms. The summed E-state index contributed by atoms with van der Waals surface area (Å²) in [6.07, 6.45) is 0.213. The molecule has 1 aromatic rings. The van der Waals surface area contributed by atoms with Gasteiger partial charge in [0.25, 0.3) is 0 Å². The summed E-state index contributed by atoms with van der Waals surface area (Å²) >= 11 is 0. The number of rotatable bonds is 3. The number of halogens is 1. The molecule has 0 radical (unpaired) electrons. The normalized spacial score (nSPS) is 15.2. The predicted molar refractivity (Wildman–Crippen MR) is 55.8 cm³/mol. The number of hydrogen-bond donors (Lipinski definition) is 1. The van der Waals surface area contributed by atoms with E-state index in [9.17, 15) is 9.50 Å². The van der Waals surface area contributed by atoms with Crippen molar-refractivity contribution in [3.63, 3.8) is 0 Å². The number of aliphatic hydroxyl groups is 1. The second-order valence-corrected chi connectivity index (χ2v) is 4.01. The number of benzene rings is 1. The van der Waals surface area contributed by atoms with Gasteiger partial charge in [-0.1, -0.05) is 24.6 Å². The molecule has 0 saturated carbocycles. The third-order valence-electron chi connectivity index (χ3n) is 2.38. The van der Waals surface area contributed by atoms with Gasteiger partial charge >= 0.3 is 0 Å². The lowest BCUT2D eigenvalue weighted by molar-refractivity contribution is 0.176. The summed E-state index contributed by atoms with van der Waals surface area (Å²) in [5, 5.41) is 9.22. The largest absolute Gasteiger partial charge is 0.393 e. The van der Waals surface area contributed by atoms with Gasteiger partial charge in [-0.2, -0.15) is 0 Å². The number of aryl methyl sites for hydroxylation is 1. The van der Waals surface area contributed by atoms with E-state index in [1.165, 1.54) is 6.07 Å². The molecular weight excluding hydrogens is 179 g/mol. The molecule has 0 aromatic heterocycles. The van der Waals surface area contributed by atoms with Crippen molar-refractivity contribution in [3.05, 3.63) is 35.1 Å². The monoisotopic (exact) mass is 196 g/mol. The van der Waals surface area contributed by atoms with Crippen LogP contribution in [0.1, 0.15) is 37.3 Å². The van der Waals surface area contributed by atoms with Crippen molar-refractivity contribution < 1.29 is 9.50 Å². The van der Waals surface area contributed by atoms with Crippen LogP contribution in [0.4, 0.5) is 4.39 Å². The van der Waals surface area contributed by atoms with Crippen molar-refractivity contribution in [3.8, 4) is 0 Å². The Morgan fingerprint density at radius 2 is 2.00 bits per heavy atom. The van der Waals surface area contributed by atoms with Gasteiger partial charge in [0, 0.05) is 0 Å². The fraction of sp³-hybridized carbons (Fsp3) is 0.500. The van der Waals surface area contributed by atoms with Gasteiger partial charge in [0.05, 0.1) is 6.10 Å². The SMILES string of the molecule is Cc1ccc(F)c(C(C)CC(C)O)c1. The summed E-state index contributed by atoms with van der Waals surface area (Å²) in [6.45, 7) is 5.60. The van der Waals surface area contributed by atoms with Crippen LogP contribution < -0.4 is 0 Å². The first-order chi connectivity index (χ1) is 6.50. The maximum Gasteiger partial charge on any atom is 0.126 e. The van der Waals surface area contributed by atoms with Crippen molar-refractivity contribution in [1.82, 2.24) is 0 Å². The van der Waals surface area contributed by atoms with Crippen LogP contribution in [0.15, 0.2) is 18.2 Å². The van der Waals surface area contributed by atoms with Crippen molar-refractivity contribution in [2.24, 2.45) is 0 Å². The lowest BCUT2D eigenvalue weighted by Gasteiger charge is -2.15. The molecule has 0 aliphatic heterocycles. The fourth-order valence-electron chi connectivity index (χ4n) is 1.68. The van der Waals surface area contributed by atoms with Crippen molar-refractivity contribution in [2.75, 3.05) is 0 Å². The van der Waals surface area contributed by atoms with Crippen LogP contribution in [0.3, 0.4) is 0 Å². The Labute approximate surface area is 84.6 Å². The molecule has 0 heterocycles. The van der Waals surface area contributed by atoms with Gasteiger partial charge in [-0.3, -0.25) is 0 Å². The average molecular weight is 196 g/mol. The molecule has 0 amide bonds. The average Bonchev–Trinajstić information content (AvgIpc) is 2.08. The van der Waals surface area contributed by atoms with E-state index < -0.39 is 0 Å². The Morgan fingerprint density at radius 3 is 2.57 bits per heavy atom. The van der Waals surface area contributed by atoms with Gasteiger partial charge in [0.1, 0.15) is 5.82 Å². The summed E-state index contributed by atoms with van der Waals surface area (Å²) in [5.74, 6) is -0.112. The van der Waals surface area contributed by atoms with E-state index >= 15 is 0 Å². The first-order valence-corrected chi connectivity index (χ1v) is 4.95. The molecule has 78 valence electrons. The summed E-state index contributed by atoms with van der Waals surface area (Å²) in [7, 11) is 0. The molecule has 1 nitrogen and oxygen atoms in total. The van der Waals surface area contributed by atoms with E-state index in [1.54, 1.807) is 13.0 Å². The smallest absolute Gasteiger partial charge is 0.126 e. The summed E-state index contributed by atoms with van der Waals surface area (Å²) in [4.78, 5) is 0. The van der Waals surface area contributed by atoms with Crippen LogP contribution in [0.25, 0.3) is 0 Å². The van der Waals surface area contributed by atoms with Gasteiger partial charge in [0.15, 0.2) is 0 Å². The second-order valence-electron chi connectivity index (χ2n) is 4.01. The first-order valence-electron chi connectivity index (χ1n) is 4.95. The van der Waals surface area contributed by atoms with Crippen molar-refractivity contribution in [2.45, 2.75) is 39.2 Å². The van der Waals surface area contributed by atoms with Gasteiger partial charge < -0.3 is 5.11 Å². The summed E-state index contributed by atoms with van der Waals surface area (Å²) in [5.41, 5.74) is 1.75. The predicted octanol–water partition coefficient (Wildman–Crippen LogP) is 3.01. The molecule has 1 aromatic carbocycles. The lowest BCUT2D eigenvalue weighted by Crippen LogP contribution is -2.07. The highest BCUT2D eigenvalue weighted by Crippen LogP contribution is 2.24. The Hall–Kier alpha value is -0.890. The van der Waals surface area contributed by atoms with Crippen LogP contribution >= 0.6 is 0 Å². The van der Waals surface area contributed by atoms with Crippen LogP contribution in [-0.4, -0.2) is 11.2 Å². The summed E-state index contributed by atoms with van der Waals surface area (Å²) < 4.78 is 13.4. The zero-order valence-corrected chi connectivity index (χ0v) is 8.92. The molecule has 0 aliphatic carbocycles. The number of aliphatic hydroxyl groups excluding tert-OH is 1. The van der Waals surface area contributed by atoms with Gasteiger partial charge in [-0.25, -0.2) is 4.39 Å². The quantitative estimate of drug-likeness (QED) is 0.788. The molecule has 14 heavy (non-hydrogen) atoms. The molecule has 0 spiro atoms. The molecular formula is C12H17FO. The van der Waals surface area contributed by atoms with Crippen LogP contribution in [0.5, 0.6) is 0 Å². The fourth-order valence-corrected chi connectivity index (χ4v) is 1.68. The Bertz CT molecular complexity index is 307. The van der Waals surface area contributed by atoms with Gasteiger partial charge in [-0.15, -0.1) is 0 Å². The van der Waals surface area contributed by atoms with E-state index in [4.69, 9.17) is 0 Å². The minimum absolute atomic E-state index is 0.0647. The highest BCUT2D eigenvalue weighted by molar-refractivity contribution is 5.26. The maximum atomic E-state index is 13.4. The van der Waals surface area contributed by atoms with Crippen LogP contribution in [0, 0.1) is 12.7 Å². The van der Waals surface area contributed by atoms with E-state index in [0.717, 1.165) is 5.56 Å². The minimum Gasteiger partial charge on any atom is -0.393 e. The zero-order chi connectivity index (χ0) is 10.7. The topological polar surface area (TPSA) is 20.2 Å². The molecule has 2 atom stereocenters. The molecule has 2 unspecified atom stereocenters. The molecule has 1 N–H and O–H groups in total.